The molecule has 7 nitrogen and oxygen atoms in total. The van der Waals surface area contributed by atoms with Crippen molar-refractivity contribution in [2.24, 2.45) is 0 Å². The molecule has 0 spiro atoms. The largest absolute Gasteiger partial charge is 0.393 e. The number of aliphatic hydroxyl groups excluding tert-OH is 1. The number of hydrogen-bond acceptors (Lipinski definition) is 7. The average molecular weight is 479 g/mol. The van der Waals surface area contributed by atoms with Gasteiger partial charge in [0.25, 0.3) is 0 Å². The summed E-state index contributed by atoms with van der Waals surface area (Å²) >= 11 is 0. The molecule has 3 heterocycles. The predicted octanol–water partition coefficient (Wildman–Crippen LogP) is 3.69. The van der Waals surface area contributed by atoms with E-state index >= 15 is 0 Å². The Kier molecular flexibility index (Phi) is 7.85. The summed E-state index contributed by atoms with van der Waals surface area (Å²) in [5.41, 5.74) is 3.98. The number of unbranched alkanes of at least 4 members (excludes halogenated alkanes) is 1. The molecule has 0 amide bonds. The van der Waals surface area contributed by atoms with Crippen LogP contribution in [0, 0.1) is 0 Å². The molecule has 2 aliphatic heterocycles. The molecule has 2 fully saturated rings. The van der Waals surface area contributed by atoms with Gasteiger partial charge in [0.15, 0.2) is 0 Å². The third-order valence-corrected chi connectivity index (χ3v) is 8.13. The number of piperazine rings is 1. The fourth-order valence-corrected chi connectivity index (χ4v) is 5.80. The molecule has 3 aliphatic rings. The molecule has 1 saturated carbocycles. The van der Waals surface area contributed by atoms with Gasteiger partial charge in [-0.25, -0.2) is 4.98 Å². The Morgan fingerprint density at radius 3 is 2.49 bits per heavy atom. The van der Waals surface area contributed by atoms with E-state index in [1.54, 1.807) is 0 Å². The molecule has 5 rings (SSSR count). The minimum absolute atomic E-state index is 0.145. The number of nitrogens with one attached hydrogen (secondary N) is 1. The van der Waals surface area contributed by atoms with Gasteiger partial charge in [0.1, 0.15) is 5.82 Å². The Morgan fingerprint density at radius 1 is 1.03 bits per heavy atom. The number of hydrogen-bond donors (Lipinski definition) is 2. The van der Waals surface area contributed by atoms with Crippen molar-refractivity contribution in [2.75, 3.05) is 56.5 Å². The average Bonchev–Trinajstić information content (AvgIpc) is 3.25. The van der Waals surface area contributed by atoms with Crippen molar-refractivity contribution < 1.29 is 5.11 Å². The highest BCUT2D eigenvalue weighted by Crippen LogP contribution is 2.42. The monoisotopic (exact) mass is 478 g/mol. The van der Waals surface area contributed by atoms with Gasteiger partial charge in [0, 0.05) is 69.5 Å². The van der Waals surface area contributed by atoms with E-state index in [1.807, 2.05) is 0 Å². The summed E-state index contributed by atoms with van der Waals surface area (Å²) in [6.45, 7) is 9.68. The van der Waals surface area contributed by atoms with Crippen LogP contribution in [0.4, 0.5) is 11.8 Å². The Balaban J connectivity index is 1.33. The van der Waals surface area contributed by atoms with Crippen LogP contribution in [0.3, 0.4) is 0 Å². The predicted molar refractivity (Wildman–Crippen MR) is 142 cm³/mol. The maximum atomic E-state index is 10.1. The Bertz CT molecular complexity index is 950. The molecule has 1 aliphatic carbocycles. The minimum Gasteiger partial charge on any atom is -0.393 e. The van der Waals surface area contributed by atoms with Crippen molar-refractivity contribution in [3.63, 3.8) is 0 Å². The van der Waals surface area contributed by atoms with Crippen LogP contribution in [-0.2, 0) is 6.54 Å². The highest BCUT2D eigenvalue weighted by molar-refractivity contribution is 5.60. The third-order valence-electron chi connectivity index (χ3n) is 8.13. The first-order valence-corrected chi connectivity index (χ1v) is 13.7. The molecule has 1 aromatic carbocycles. The lowest BCUT2D eigenvalue weighted by atomic mass is 9.91. The number of likely N-dealkylation sites (N-methyl/N-ethyl adjacent to an activating group) is 1. The second-order valence-corrected chi connectivity index (χ2v) is 10.7. The lowest BCUT2D eigenvalue weighted by molar-refractivity contribution is 0.122. The van der Waals surface area contributed by atoms with Gasteiger partial charge in [-0.15, -0.1) is 0 Å². The summed E-state index contributed by atoms with van der Waals surface area (Å²) in [4.78, 5) is 17.2. The first kappa shape index (κ1) is 24.5. The number of benzene rings is 1. The molecule has 190 valence electrons. The van der Waals surface area contributed by atoms with Crippen LogP contribution in [0.2, 0.25) is 0 Å². The first-order chi connectivity index (χ1) is 17.1. The minimum atomic E-state index is -0.145. The van der Waals surface area contributed by atoms with Crippen molar-refractivity contribution in [3.05, 3.63) is 47.2 Å². The molecule has 0 radical (unpaired) electrons. The SMILES string of the molecule is CCCCNc1ncc2c(n1)N([C@H]1CC[C@H](O)CC1)CC2c1ccc(CN2CCN(C)CC2)cc1. The molecule has 1 aromatic heterocycles. The van der Waals surface area contributed by atoms with Gasteiger partial charge in [-0.2, -0.15) is 4.98 Å². The van der Waals surface area contributed by atoms with Crippen LogP contribution >= 0.6 is 0 Å². The summed E-state index contributed by atoms with van der Waals surface area (Å²) in [6.07, 6.45) is 8.00. The molecular formula is C28H42N6O. The molecule has 2 aromatic rings. The van der Waals surface area contributed by atoms with Gasteiger partial charge in [0.05, 0.1) is 6.10 Å². The summed E-state index contributed by atoms with van der Waals surface area (Å²) in [7, 11) is 2.21. The Labute approximate surface area is 210 Å². The number of rotatable bonds is 8. The summed E-state index contributed by atoms with van der Waals surface area (Å²) < 4.78 is 0. The van der Waals surface area contributed by atoms with Gasteiger partial charge in [0.2, 0.25) is 5.95 Å². The van der Waals surface area contributed by atoms with Crippen LogP contribution in [0.25, 0.3) is 0 Å². The standard InChI is InChI=1S/C28H42N6O/c1-3-4-13-29-28-30-18-25-26(20-34(27(25)31-28)23-9-11-24(35)12-10-23)22-7-5-21(6-8-22)19-33-16-14-32(2)15-17-33/h5-8,18,23-24,26,35H,3-4,9-17,19-20H2,1-2H3,(H,29,30,31)/t23-,24-,26?. The van der Waals surface area contributed by atoms with Crippen LogP contribution in [-0.4, -0.2) is 83.3 Å². The number of nitrogens with zero attached hydrogens (tertiary/aromatic N) is 5. The number of aliphatic hydroxyl groups is 1. The maximum Gasteiger partial charge on any atom is 0.224 e. The fourth-order valence-electron chi connectivity index (χ4n) is 5.80. The van der Waals surface area contributed by atoms with Crippen LogP contribution in [0.5, 0.6) is 0 Å². The van der Waals surface area contributed by atoms with Crippen molar-refractivity contribution in [2.45, 2.75) is 70.1 Å². The Morgan fingerprint density at radius 2 is 1.77 bits per heavy atom. The van der Waals surface area contributed by atoms with E-state index in [4.69, 9.17) is 9.97 Å². The van der Waals surface area contributed by atoms with E-state index in [-0.39, 0.29) is 6.10 Å². The number of anilines is 2. The van der Waals surface area contributed by atoms with Gasteiger partial charge in [-0.1, -0.05) is 37.6 Å². The molecular weight excluding hydrogens is 436 g/mol. The van der Waals surface area contributed by atoms with Gasteiger partial charge in [-0.05, 0) is 50.3 Å². The molecule has 0 bridgehead atoms. The van der Waals surface area contributed by atoms with Crippen molar-refractivity contribution >= 4 is 11.8 Å². The second-order valence-electron chi connectivity index (χ2n) is 10.7. The second kappa shape index (κ2) is 11.2. The number of fused-ring (bicyclic) bond motifs is 1. The lowest BCUT2D eigenvalue weighted by Gasteiger charge is -2.34. The fraction of sp³-hybridized carbons (Fsp3) is 0.643. The highest BCUT2D eigenvalue weighted by atomic mass is 16.3. The molecule has 1 saturated heterocycles. The van der Waals surface area contributed by atoms with Gasteiger partial charge >= 0.3 is 0 Å². The molecule has 35 heavy (non-hydrogen) atoms. The van der Waals surface area contributed by atoms with E-state index in [2.05, 4.69) is 64.5 Å². The topological polar surface area (TPSA) is 67.8 Å². The zero-order chi connectivity index (χ0) is 24.2. The van der Waals surface area contributed by atoms with E-state index in [0.717, 1.165) is 96.1 Å². The zero-order valence-corrected chi connectivity index (χ0v) is 21.5. The smallest absolute Gasteiger partial charge is 0.224 e. The molecule has 7 heteroatoms. The van der Waals surface area contributed by atoms with Crippen LogP contribution in [0.15, 0.2) is 30.5 Å². The first-order valence-electron chi connectivity index (χ1n) is 13.7. The van der Waals surface area contributed by atoms with Crippen molar-refractivity contribution in [3.8, 4) is 0 Å². The van der Waals surface area contributed by atoms with Crippen molar-refractivity contribution in [1.82, 2.24) is 19.8 Å². The Hall–Kier alpha value is -2.22. The van der Waals surface area contributed by atoms with Crippen LogP contribution in [0.1, 0.15) is 68.1 Å². The van der Waals surface area contributed by atoms with E-state index in [1.165, 1.54) is 16.7 Å². The summed E-state index contributed by atoms with van der Waals surface area (Å²) in [6, 6.07) is 9.71. The summed E-state index contributed by atoms with van der Waals surface area (Å²) in [5, 5.41) is 13.5. The van der Waals surface area contributed by atoms with E-state index < -0.39 is 0 Å². The number of aromatic nitrogens is 2. The molecule has 1 atom stereocenters. The van der Waals surface area contributed by atoms with Crippen LogP contribution < -0.4 is 10.2 Å². The zero-order valence-electron chi connectivity index (χ0n) is 21.5. The normalized spacial score (nSPS) is 25.6. The lowest BCUT2D eigenvalue weighted by Crippen LogP contribution is -2.43. The summed E-state index contributed by atoms with van der Waals surface area (Å²) in [5.74, 6) is 2.12. The third kappa shape index (κ3) is 5.79. The highest BCUT2D eigenvalue weighted by Gasteiger charge is 2.37. The van der Waals surface area contributed by atoms with E-state index in [9.17, 15) is 5.11 Å². The van der Waals surface area contributed by atoms with Gasteiger partial charge in [-0.3, -0.25) is 4.90 Å². The molecule has 2 N–H and O–H groups in total. The maximum absolute atomic E-state index is 10.1. The quantitative estimate of drug-likeness (QED) is 0.561. The molecule has 1 unspecified atom stereocenters. The van der Waals surface area contributed by atoms with Gasteiger partial charge < -0.3 is 20.2 Å². The van der Waals surface area contributed by atoms with Crippen molar-refractivity contribution in [1.29, 1.82) is 0 Å². The van der Waals surface area contributed by atoms with E-state index in [0.29, 0.717) is 12.0 Å².